The van der Waals surface area contributed by atoms with Gasteiger partial charge in [0.1, 0.15) is 45.8 Å². The van der Waals surface area contributed by atoms with Crippen molar-refractivity contribution in [2.75, 3.05) is 7.11 Å². The van der Waals surface area contributed by atoms with Gasteiger partial charge in [0.25, 0.3) is 0 Å². The molecule has 6 heteroatoms. The summed E-state index contributed by atoms with van der Waals surface area (Å²) >= 11 is 0. The SMILES string of the molecule is COc1ccc(-c2coc3c(CC=C(C)C)c4c(c(O)c3c2=O)C=CC(C)(C)O4)c(O)c1. The number of aromatic hydroxyl groups is 2. The van der Waals surface area contributed by atoms with E-state index in [1.807, 2.05) is 39.8 Å². The zero-order valence-electron chi connectivity index (χ0n) is 18.8. The maximum Gasteiger partial charge on any atom is 0.204 e. The van der Waals surface area contributed by atoms with Gasteiger partial charge in [-0.05, 0) is 58.4 Å². The number of benzene rings is 2. The molecular formula is C26H26O6. The van der Waals surface area contributed by atoms with E-state index in [2.05, 4.69) is 0 Å². The molecule has 0 spiro atoms. The minimum atomic E-state index is -0.567. The topological polar surface area (TPSA) is 89.1 Å². The number of fused-ring (bicyclic) bond motifs is 2. The van der Waals surface area contributed by atoms with Crippen molar-refractivity contribution in [3.8, 4) is 34.1 Å². The molecule has 0 saturated carbocycles. The highest BCUT2D eigenvalue weighted by molar-refractivity contribution is 5.96. The third-order valence-electron chi connectivity index (χ3n) is 5.50. The molecule has 0 radical (unpaired) electrons. The summed E-state index contributed by atoms with van der Waals surface area (Å²) in [6.45, 7) is 7.81. The molecule has 0 atom stereocenters. The smallest absolute Gasteiger partial charge is 0.204 e. The summed E-state index contributed by atoms with van der Waals surface area (Å²) in [5.74, 6) is 0.639. The predicted molar refractivity (Wildman–Crippen MR) is 125 cm³/mol. The van der Waals surface area contributed by atoms with Crippen molar-refractivity contribution in [2.45, 2.75) is 39.7 Å². The zero-order chi connectivity index (χ0) is 23.2. The number of rotatable bonds is 4. The summed E-state index contributed by atoms with van der Waals surface area (Å²) < 4.78 is 17.2. The summed E-state index contributed by atoms with van der Waals surface area (Å²) in [6, 6.07) is 4.65. The highest BCUT2D eigenvalue weighted by Crippen LogP contribution is 2.45. The number of phenolic OH excluding ortho intramolecular Hbond substituents is 2. The highest BCUT2D eigenvalue weighted by atomic mass is 16.5. The number of hydrogen-bond donors (Lipinski definition) is 2. The predicted octanol–water partition coefficient (Wildman–Crippen LogP) is 5.57. The van der Waals surface area contributed by atoms with Gasteiger partial charge in [0.05, 0.1) is 18.2 Å². The van der Waals surface area contributed by atoms with Crippen LogP contribution in [0.25, 0.3) is 28.2 Å². The Hall–Kier alpha value is -3.67. The van der Waals surface area contributed by atoms with Gasteiger partial charge in [-0.25, -0.2) is 0 Å². The average molecular weight is 434 g/mol. The van der Waals surface area contributed by atoms with Gasteiger partial charge in [0.15, 0.2) is 0 Å². The van der Waals surface area contributed by atoms with Crippen LogP contribution in [0.5, 0.6) is 23.0 Å². The minimum Gasteiger partial charge on any atom is -0.507 e. The van der Waals surface area contributed by atoms with Gasteiger partial charge in [0, 0.05) is 17.2 Å². The maximum absolute atomic E-state index is 13.5. The van der Waals surface area contributed by atoms with Crippen molar-refractivity contribution in [2.24, 2.45) is 0 Å². The molecule has 0 aliphatic carbocycles. The molecule has 32 heavy (non-hydrogen) atoms. The van der Waals surface area contributed by atoms with Crippen molar-refractivity contribution < 1.29 is 24.1 Å². The summed E-state index contributed by atoms with van der Waals surface area (Å²) in [6.07, 6.45) is 7.42. The molecule has 3 aromatic rings. The van der Waals surface area contributed by atoms with Gasteiger partial charge < -0.3 is 24.1 Å². The zero-order valence-corrected chi connectivity index (χ0v) is 18.8. The molecule has 0 bridgehead atoms. The van der Waals surface area contributed by atoms with Gasteiger partial charge in [-0.1, -0.05) is 11.6 Å². The second-order valence-corrected chi connectivity index (χ2v) is 8.66. The van der Waals surface area contributed by atoms with Crippen molar-refractivity contribution in [3.05, 3.63) is 63.5 Å². The molecule has 0 unspecified atom stereocenters. The number of methoxy groups -OCH3 is 1. The van der Waals surface area contributed by atoms with E-state index in [1.54, 1.807) is 18.2 Å². The maximum atomic E-state index is 13.5. The molecule has 0 amide bonds. The van der Waals surface area contributed by atoms with Crippen molar-refractivity contribution in [1.82, 2.24) is 0 Å². The number of phenols is 2. The molecule has 4 rings (SSSR count). The molecule has 2 aromatic carbocycles. The van der Waals surface area contributed by atoms with Gasteiger partial charge in [-0.2, -0.15) is 0 Å². The molecule has 0 fully saturated rings. The molecule has 6 nitrogen and oxygen atoms in total. The van der Waals surface area contributed by atoms with Gasteiger partial charge >= 0.3 is 0 Å². The Bertz CT molecular complexity index is 1340. The normalized spacial score (nSPS) is 14.0. The first-order chi connectivity index (χ1) is 15.1. The lowest BCUT2D eigenvalue weighted by Gasteiger charge is -2.30. The first-order valence-corrected chi connectivity index (χ1v) is 10.3. The van der Waals surface area contributed by atoms with Crippen LogP contribution in [-0.4, -0.2) is 22.9 Å². The lowest BCUT2D eigenvalue weighted by molar-refractivity contribution is 0.157. The van der Waals surface area contributed by atoms with Crippen LogP contribution in [0.3, 0.4) is 0 Å². The second-order valence-electron chi connectivity index (χ2n) is 8.66. The van der Waals surface area contributed by atoms with Crippen molar-refractivity contribution in [3.63, 3.8) is 0 Å². The largest absolute Gasteiger partial charge is 0.507 e. The van der Waals surface area contributed by atoms with E-state index >= 15 is 0 Å². The highest BCUT2D eigenvalue weighted by Gasteiger charge is 2.30. The molecule has 1 aromatic heterocycles. The summed E-state index contributed by atoms with van der Waals surface area (Å²) in [7, 11) is 1.49. The van der Waals surface area contributed by atoms with Crippen LogP contribution in [0.15, 0.2) is 51.4 Å². The Balaban J connectivity index is 2.04. The first kappa shape index (κ1) is 21.6. The number of ether oxygens (including phenoxy) is 2. The first-order valence-electron chi connectivity index (χ1n) is 10.3. The Morgan fingerprint density at radius 3 is 2.59 bits per heavy atom. The van der Waals surface area contributed by atoms with Crippen LogP contribution < -0.4 is 14.9 Å². The van der Waals surface area contributed by atoms with Crippen LogP contribution >= 0.6 is 0 Å². The Kier molecular flexibility index (Phi) is 5.25. The lowest BCUT2D eigenvalue weighted by atomic mass is 9.93. The van der Waals surface area contributed by atoms with Crippen molar-refractivity contribution >= 4 is 17.0 Å². The quantitative estimate of drug-likeness (QED) is 0.522. The standard InChI is InChI=1S/C26H26O6/c1-14(2)6-8-18-24-17(10-11-26(3,4)32-24)22(28)21-23(29)19(13-31-25(18)21)16-9-7-15(30-5)12-20(16)27/h6-7,9-13,27-28H,8H2,1-5H3. The number of allylic oxidation sites excluding steroid dienone is 2. The van der Waals surface area contributed by atoms with Crippen LogP contribution in [0.2, 0.25) is 0 Å². The van der Waals surface area contributed by atoms with E-state index in [9.17, 15) is 15.0 Å². The van der Waals surface area contributed by atoms with Crippen LogP contribution in [0, 0.1) is 0 Å². The third-order valence-corrected chi connectivity index (χ3v) is 5.50. The molecule has 2 heterocycles. The Morgan fingerprint density at radius 2 is 1.94 bits per heavy atom. The summed E-state index contributed by atoms with van der Waals surface area (Å²) in [5.41, 5.74) is 1.93. The van der Waals surface area contributed by atoms with Crippen LogP contribution in [0.4, 0.5) is 0 Å². The second kappa shape index (κ2) is 7.79. The summed E-state index contributed by atoms with van der Waals surface area (Å²) in [4.78, 5) is 13.5. The van der Waals surface area contributed by atoms with Gasteiger partial charge in [0.2, 0.25) is 5.43 Å². The van der Waals surface area contributed by atoms with Crippen LogP contribution in [-0.2, 0) is 6.42 Å². The fourth-order valence-electron chi connectivity index (χ4n) is 3.81. The van der Waals surface area contributed by atoms with Gasteiger partial charge in [-0.3, -0.25) is 4.79 Å². The molecule has 2 N–H and O–H groups in total. The fourth-order valence-corrected chi connectivity index (χ4v) is 3.81. The van der Waals surface area contributed by atoms with E-state index in [0.717, 1.165) is 5.57 Å². The monoisotopic (exact) mass is 434 g/mol. The molecule has 166 valence electrons. The van der Waals surface area contributed by atoms with E-state index in [0.29, 0.717) is 29.0 Å². The summed E-state index contributed by atoms with van der Waals surface area (Å²) in [5, 5.41) is 21.6. The van der Waals surface area contributed by atoms with Crippen molar-refractivity contribution in [1.29, 1.82) is 0 Å². The Labute approximate surface area is 186 Å². The fraction of sp³-hybridized carbons (Fsp3) is 0.269. The molecule has 0 saturated heterocycles. The molecule has 1 aliphatic rings. The Morgan fingerprint density at radius 1 is 1.19 bits per heavy atom. The number of hydrogen-bond acceptors (Lipinski definition) is 6. The van der Waals surface area contributed by atoms with Gasteiger partial charge in [-0.15, -0.1) is 0 Å². The molecular weight excluding hydrogens is 408 g/mol. The van der Waals surface area contributed by atoms with Crippen LogP contribution in [0.1, 0.15) is 38.8 Å². The van der Waals surface area contributed by atoms with E-state index in [-0.39, 0.29) is 33.6 Å². The van der Waals surface area contributed by atoms with E-state index < -0.39 is 11.0 Å². The molecule has 1 aliphatic heterocycles. The third kappa shape index (κ3) is 3.62. The van der Waals surface area contributed by atoms with E-state index in [1.165, 1.54) is 19.4 Å². The lowest BCUT2D eigenvalue weighted by Crippen LogP contribution is -2.28. The van der Waals surface area contributed by atoms with E-state index in [4.69, 9.17) is 13.9 Å². The minimum absolute atomic E-state index is 0.0570. The average Bonchev–Trinajstić information content (AvgIpc) is 2.73.